The Labute approximate surface area is 103 Å². The molecule has 1 aliphatic heterocycles. The molecule has 0 spiro atoms. The number of amides is 1. The molecule has 3 heteroatoms. The maximum absolute atomic E-state index is 12.1. The zero-order chi connectivity index (χ0) is 12.1. The number of rotatable bonds is 3. The van der Waals surface area contributed by atoms with Gasteiger partial charge in [-0.05, 0) is 44.4 Å². The summed E-state index contributed by atoms with van der Waals surface area (Å²) in [5.41, 5.74) is 1.33. The maximum Gasteiger partial charge on any atom is 0.226 e. The van der Waals surface area contributed by atoms with Crippen LogP contribution in [-0.4, -0.2) is 35.6 Å². The molecule has 0 aromatic heterocycles. The third-order valence-electron chi connectivity index (χ3n) is 3.89. The molecule has 96 valence electrons. The van der Waals surface area contributed by atoms with Crippen LogP contribution >= 0.6 is 0 Å². The highest BCUT2D eigenvalue weighted by Crippen LogP contribution is 2.22. The summed E-state index contributed by atoms with van der Waals surface area (Å²) in [4.78, 5) is 14.1. The molecule has 0 saturated carbocycles. The van der Waals surface area contributed by atoms with E-state index in [0.717, 1.165) is 38.8 Å². The van der Waals surface area contributed by atoms with Crippen molar-refractivity contribution in [2.24, 2.45) is 5.92 Å². The lowest BCUT2D eigenvalue weighted by Gasteiger charge is -2.32. The van der Waals surface area contributed by atoms with Gasteiger partial charge in [-0.3, -0.25) is 4.79 Å². The van der Waals surface area contributed by atoms with Crippen LogP contribution in [-0.2, 0) is 4.79 Å². The van der Waals surface area contributed by atoms with Gasteiger partial charge in [0, 0.05) is 26.1 Å². The highest BCUT2D eigenvalue weighted by atomic mass is 16.3. The molecule has 1 fully saturated rings. The number of aliphatic hydroxyl groups excluding tert-OH is 1. The van der Waals surface area contributed by atoms with Crippen LogP contribution in [0.2, 0.25) is 0 Å². The van der Waals surface area contributed by atoms with Crippen molar-refractivity contribution < 1.29 is 9.90 Å². The molecule has 1 aliphatic carbocycles. The zero-order valence-electron chi connectivity index (χ0n) is 10.5. The van der Waals surface area contributed by atoms with Crippen LogP contribution in [0.15, 0.2) is 11.6 Å². The van der Waals surface area contributed by atoms with Crippen LogP contribution in [0.3, 0.4) is 0 Å². The summed E-state index contributed by atoms with van der Waals surface area (Å²) in [5.74, 6) is 0.560. The summed E-state index contributed by atoms with van der Waals surface area (Å²) in [6.45, 7) is 1.84. The highest BCUT2D eigenvalue weighted by Gasteiger charge is 2.23. The van der Waals surface area contributed by atoms with Gasteiger partial charge in [-0.2, -0.15) is 0 Å². The van der Waals surface area contributed by atoms with Gasteiger partial charge in [0.05, 0.1) is 0 Å². The van der Waals surface area contributed by atoms with Gasteiger partial charge in [-0.15, -0.1) is 0 Å². The first-order valence-corrected chi connectivity index (χ1v) is 6.86. The number of piperidine rings is 1. The van der Waals surface area contributed by atoms with Crippen molar-refractivity contribution in [2.75, 3.05) is 19.7 Å². The van der Waals surface area contributed by atoms with Crippen molar-refractivity contribution in [3.05, 3.63) is 11.6 Å². The van der Waals surface area contributed by atoms with Crippen molar-refractivity contribution in [1.29, 1.82) is 0 Å². The van der Waals surface area contributed by atoms with Gasteiger partial charge in [-0.1, -0.05) is 11.6 Å². The monoisotopic (exact) mass is 237 g/mol. The van der Waals surface area contributed by atoms with Gasteiger partial charge in [0.15, 0.2) is 0 Å². The molecule has 0 radical (unpaired) electrons. The lowest BCUT2D eigenvalue weighted by Crippen LogP contribution is -2.41. The number of carbonyl (C=O) groups excluding carboxylic acids is 1. The molecule has 2 rings (SSSR count). The Bertz CT molecular complexity index is 299. The molecule has 3 nitrogen and oxygen atoms in total. The van der Waals surface area contributed by atoms with Crippen molar-refractivity contribution in [2.45, 2.75) is 44.9 Å². The molecule has 0 aromatic rings. The van der Waals surface area contributed by atoms with Crippen LogP contribution in [0.4, 0.5) is 0 Å². The smallest absolute Gasteiger partial charge is 0.226 e. The third-order valence-corrected chi connectivity index (χ3v) is 3.89. The van der Waals surface area contributed by atoms with Gasteiger partial charge < -0.3 is 10.0 Å². The van der Waals surface area contributed by atoms with Gasteiger partial charge in [0.2, 0.25) is 5.91 Å². The van der Waals surface area contributed by atoms with Crippen LogP contribution < -0.4 is 0 Å². The fourth-order valence-corrected chi connectivity index (χ4v) is 2.81. The fourth-order valence-electron chi connectivity index (χ4n) is 2.81. The number of aliphatic hydroxyl groups is 1. The largest absolute Gasteiger partial charge is 0.396 e. The lowest BCUT2D eigenvalue weighted by atomic mass is 9.95. The molecule has 1 heterocycles. The predicted molar refractivity (Wildman–Crippen MR) is 67.6 cm³/mol. The first kappa shape index (κ1) is 12.6. The van der Waals surface area contributed by atoms with Gasteiger partial charge in [-0.25, -0.2) is 0 Å². The number of hydrogen-bond acceptors (Lipinski definition) is 2. The maximum atomic E-state index is 12.1. The highest BCUT2D eigenvalue weighted by molar-refractivity contribution is 5.78. The van der Waals surface area contributed by atoms with Gasteiger partial charge >= 0.3 is 0 Å². The van der Waals surface area contributed by atoms with E-state index in [-0.39, 0.29) is 12.5 Å². The third kappa shape index (κ3) is 3.56. The average molecular weight is 237 g/mol. The minimum Gasteiger partial charge on any atom is -0.396 e. The Morgan fingerprint density at radius 1 is 1.41 bits per heavy atom. The summed E-state index contributed by atoms with van der Waals surface area (Å²) in [7, 11) is 0. The second-order valence-corrected chi connectivity index (χ2v) is 5.32. The Kier molecular flexibility index (Phi) is 4.60. The molecule has 2 aliphatic rings. The summed E-state index contributed by atoms with van der Waals surface area (Å²) in [5, 5.41) is 9.16. The van der Waals surface area contributed by atoms with E-state index in [2.05, 4.69) is 6.08 Å². The van der Waals surface area contributed by atoms with Crippen molar-refractivity contribution in [3.8, 4) is 0 Å². The van der Waals surface area contributed by atoms with E-state index < -0.39 is 0 Å². The minimum absolute atomic E-state index is 0.215. The normalized spacial score (nSPS) is 25.6. The Morgan fingerprint density at radius 3 is 3.00 bits per heavy atom. The van der Waals surface area contributed by atoms with E-state index in [9.17, 15) is 4.79 Å². The van der Waals surface area contributed by atoms with Crippen LogP contribution in [0.5, 0.6) is 0 Å². The summed E-state index contributed by atoms with van der Waals surface area (Å²) in [6, 6.07) is 0. The van der Waals surface area contributed by atoms with Crippen LogP contribution in [0.1, 0.15) is 44.9 Å². The second kappa shape index (κ2) is 6.20. The quantitative estimate of drug-likeness (QED) is 0.764. The van der Waals surface area contributed by atoms with E-state index >= 15 is 0 Å². The average Bonchev–Trinajstić information content (AvgIpc) is 2.40. The van der Waals surface area contributed by atoms with E-state index in [0.29, 0.717) is 12.3 Å². The van der Waals surface area contributed by atoms with E-state index in [1.54, 1.807) is 0 Å². The molecule has 0 aromatic carbocycles. The molecular weight excluding hydrogens is 214 g/mol. The first-order valence-electron chi connectivity index (χ1n) is 6.86. The first-order chi connectivity index (χ1) is 8.29. The van der Waals surface area contributed by atoms with E-state index in [1.165, 1.54) is 18.4 Å². The number of nitrogens with zero attached hydrogens (tertiary/aromatic N) is 1. The molecule has 1 unspecified atom stereocenters. The van der Waals surface area contributed by atoms with E-state index in [4.69, 9.17) is 5.11 Å². The molecule has 1 atom stereocenters. The zero-order valence-corrected chi connectivity index (χ0v) is 10.5. The van der Waals surface area contributed by atoms with E-state index in [1.807, 2.05) is 4.90 Å². The molecule has 0 bridgehead atoms. The summed E-state index contributed by atoms with van der Waals surface area (Å²) < 4.78 is 0. The minimum atomic E-state index is 0.215. The Balaban J connectivity index is 1.84. The molecular formula is C14H23NO2. The van der Waals surface area contributed by atoms with Crippen molar-refractivity contribution in [1.82, 2.24) is 4.90 Å². The molecule has 1 N–H and O–H groups in total. The van der Waals surface area contributed by atoms with Gasteiger partial charge in [0.1, 0.15) is 0 Å². The number of hydrogen-bond donors (Lipinski definition) is 1. The Morgan fingerprint density at radius 2 is 2.29 bits per heavy atom. The van der Waals surface area contributed by atoms with Crippen LogP contribution in [0.25, 0.3) is 0 Å². The second-order valence-electron chi connectivity index (χ2n) is 5.32. The topological polar surface area (TPSA) is 40.5 Å². The van der Waals surface area contributed by atoms with Crippen molar-refractivity contribution in [3.63, 3.8) is 0 Å². The summed E-state index contributed by atoms with van der Waals surface area (Å²) in [6.07, 6.45) is 9.70. The number of carbonyl (C=O) groups is 1. The SMILES string of the molecule is O=C(CC1=CCCCC1)N1CCCC(CO)C1. The molecule has 1 saturated heterocycles. The summed E-state index contributed by atoms with van der Waals surface area (Å²) >= 11 is 0. The molecule has 17 heavy (non-hydrogen) atoms. The molecule has 1 amide bonds. The number of allylic oxidation sites excluding steroid dienone is 1. The standard InChI is InChI=1S/C14H23NO2/c16-11-13-7-4-8-15(10-13)14(17)9-12-5-2-1-3-6-12/h5,13,16H,1-4,6-11H2. The fraction of sp³-hybridized carbons (Fsp3) is 0.786. The van der Waals surface area contributed by atoms with Crippen LogP contribution in [0, 0.1) is 5.92 Å². The predicted octanol–water partition coefficient (Wildman–Crippen LogP) is 2.11. The van der Waals surface area contributed by atoms with Crippen molar-refractivity contribution >= 4 is 5.91 Å². The number of likely N-dealkylation sites (tertiary alicyclic amines) is 1. The Hall–Kier alpha value is -0.830. The lowest BCUT2D eigenvalue weighted by molar-refractivity contribution is -0.132. The van der Waals surface area contributed by atoms with Gasteiger partial charge in [0.25, 0.3) is 0 Å².